The van der Waals surface area contributed by atoms with Gasteiger partial charge in [0.15, 0.2) is 0 Å². The summed E-state index contributed by atoms with van der Waals surface area (Å²) in [4.78, 5) is 27.5. The standard InChI is InChI=1S/C24H30Cl2N2O2/c1-16-6-8-18(9-7-16)11-13-22(29)28(17(2)23(30)27-24(3,4)5)15-19-10-12-20(25)21(26)14-19/h6-10,12,14,17H,11,13,15H2,1-5H3,(H,27,30)/t17-/m0/s1. The Morgan fingerprint density at radius 1 is 1.00 bits per heavy atom. The number of hydrogen-bond donors (Lipinski definition) is 1. The van der Waals surface area contributed by atoms with Crippen LogP contribution in [0.25, 0.3) is 0 Å². The van der Waals surface area contributed by atoms with Crippen molar-refractivity contribution in [2.24, 2.45) is 0 Å². The molecule has 4 nitrogen and oxygen atoms in total. The van der Waals surface area contributed by atoms with Crippen molar-refractivity contribution in [2.45, 2.75) is 65.6 Å². The lowest BCUT2D eigenvalue weighted by Gasteiger charge is -2.31. The number of halogens is 2. The Kier molecular flexibility index (Phi) is 8.34. The summed E-state index contributed by atoms with van der Waals surface area (Å²) in [5.74, 6) is -0.274. The fourth-order valence-electron chi connectivity index (χ4n) is 3.04. The zero-order chi connectivity index (χ0) is 22.5. The van der Waals surface area contributed by atoms with E-state index in [2.05, 4.69) is 5.32 Å². The SMILES string of the molecule is Cc1ccc(CCC(=O)N(Cc2ccc(Cl)c(Cl)c2)[C@@H](C)C(=O)NC(C)(C)C)cc1. The van der Waals surface area contributed by atoms with E-state index in [-0.39, 0.29) is 23.9 Å². The maximum Gasteiger partial charge on any atom is 0.242 e. The normalized spacial score (nSPS) is 12.4. The number of carbonyl (C=O) groups is 2. The monoisotopic (exact) mass is 448 g/mol. The van der Waals surface area contributed by atoms with E-state index >= 15 is 0 Å². The van der Waals surface area contributed by atoms with Crippen molar-refractivity contribution in [1.29, 1.82) is 0 Å². The maximum absolute atomic E-state index is 13.1. The minimum atomic E-state index is -0.621. The Balaban J connectivity index is 2.19. The van der Waals surface area contributed by atoms with E-state index in [9.17, 15) is 9.59 Å². The van der Waals surface area contributed by atoms with Crippen molar-refractivity contribution in [3.8, 4) is 0 Å². The molecule has 0 aliphatic heterocycles. The van der Waals surface area contributed by atoms with Gasteiger partial charge in [0, 0.05) is 18.5 Å². The van der Waals surface area contributed by atoms with Crippen LogP contribution in [0.5, 0.6) is 0 Å². The van der Waals surface area contributed by atoms with Crippen molar-refractivity contribution in [1.82, 2.24) is 10.2 Å². The molecule has 0 bridgehead atoms. The predicted molar refractivity (Wildman–Crippen MR) is 124 cm³/mol. The van der Waals surface area contributed by atoms with E-state index in [4.69, 9.17) is 23.2 Å². The van der Waals surface area contributed by atoms with E-state index in [0.29, 0.717) is 22.9 Å². The number of rotatable bonds is 7. The number of aryl methyl sites for hydroxylation is 2. The quantitative estimate of drug-likeness (QED) is 0.601. The van der Waals surface area contributed by atoms with Crippen LogP contribution in [-0.4, -0.2) is 28.3 Å². The molecule has 0 radical (unpaired) electrons. The molecule has 0 aliphatic rings. The molecule has 2 amide bonds. The first-order valence-corrected chi connectivity index (χ1v) is 10.8. The number of hydrogen-bond acceptors (Lipinski definition) is 2. The molecular formula is C24H30Cl2N2O2. The number of carbonyl (C=O) groups excluding carboxylic acids is 2. The zero-order valence-corrected chi connectivity index (χ0v) is 19.8. The third-order valence-electron chi connectivity index (χ3n) is 4.75. The van der Waals surface area contributed by atoms with Crippen LogP contribution in [-0.2, 0) is 22.6 Å². The van der Waals surface area contributed by atoms with Crippen molar-refractivity contribution in [3.63, 3.8) is 0 Å². The lowest BCUT2D eigenvalue weighted by molar-refractivity contribution is -0.141. The van der Waals surface area contributed by atoms with Gasteiger partial charge in [-0.2, -0.15) is 0 Å². The maximum atomic E-state index is 13.1. The molecule has 0 aromatic heterocycles. The average molecular weight is 449 g/mol. The molecule has 0 heterocycles. The molecule has 2 aromatic carbocycles. The molecule has 6 heteroatoms. The molecule has 1 N–H and O–H groups in total. The summed E-state index contributed by atoms with van der Waals surface area (Å²) in [6.45, 7) is 9.81. The summed E-state index contributed by atoms with van der Waals surface area (Å²) < 4.78 is 0. The summed E-state index contributed by atoms with van der Waals surface area (Å²) >= 11 is 12.2. The third-order valence-corrected chi connectivity index (χ3v) is 5.49. The molecule has 0 aliphatic carbocycles. The van der Waals surface area contributed by atoms with Gasteiger partial charge in [0.1, 0.15) is 6.04 Å². The number of nitrogens with one attached hydrogen (secondary N) is 1. The van der Waals surface area contributed by atoms with Crippen LogP contribution < -0.4 is 5.32 Å². The molecule has 30 heavy (non-hydrogen) atoms. The number of nitrogens with zero attached hydrogens (tertiary/aromatic N) is 1. The van der Waals surface area contributed by atoms with Crippen molar-refractivity contribution >= 4 is 35.0 Å². The van der Waals surface area contributed by atoms with Gasteiger partial charge in [-0.05, 0) is 64.3 Å². The number of benzene rings is 2. The van der Waals surface area contributed by atoms with Crippen molar-refractivity contribution < 1.29 is 9.59 Å². The van der Waals surface area contributed by atoms with Gasteiger partial charge in [-0.1, -0.05) is 59.1 Å². The first-order valence-electron chi connectivity index (χ1n) is 10.1. The van der Waals surface area contributed by atoms with Crippen LogP contribution in [0.15, 0.2) is 42.5 Å². The molecule has 162 valence electrons. The first kappa shape index (κ1) is 24.2. The Labute approximate surface area is 189 Å². The molecule has 0 fully saturated rings. The largest absolute Gasteiger partial charge is 0.350 e. The van der Waals surface area contributed by atoms with Crippen molar-refractivity contribution in [3.05, 3.63) is 69.2 Å². The summed E-state index contributed by atoms with van der Waals surface area (Å²) in [5.41, 5.74) is 2.71. The lowest BCUT2D eigenvalue weighted by Crippen LogP contribution is -2.52. The molecule has 1 atom stereocenters. The van der Waals surface area contributed by atoms with E-state index in [1.54, 1.807) is 24.0 Å². The predicted octanol–water partition coefficient (Wildman–Crippen LogP) is 5.57. The molecule has 2 rings (SSSR count). The lowest BCUT2D eigenvalue weighted by atomic mass is 10.1. The van der Waals surface area contributed by atoms with Gasteiger partial charge in [-0.15, -0.1) is 0 Å². The highest BCUT2D eigenvalue weighted by atomic mass is 35.5. The van der Waals surface area contributed by atoms with E-state index < -0.39 is 6.04 Å². The minimum Gasteiger partial charge on any atom is -0.350 e. The Hall–Kier alpha value is -2.04. The van der Waals surface area contributed by atoms with Crippen LogP contribution in [0.4, 0.5) is 0 Å². The molecule has 2 aromatic rings. The first-order chi connectivity index (χ1) is 14.0. The van der Waals surface area contributed by atoms with Crippen LogP contribution in [0.3, 0.4) is 0 Å². The van der Waals surface area contributed by atoms with Gasteiger partial charge in [-0.25, -0.2) is 0 Å². The van der Waals surface area contributed by atoms with E-state index in [1.165, 1.54) is 5.56 Å². The van der Waals surface area contributed by atoms with Crippen LogP contribution in [0, 0.1) is 6.92 Å². The van der Waals surface area contributed by atoms with E-state index in [1.807, 2.05) is 58.0 Å². The Morgan fingerprint density at radius 3 is 2.17 bits per heavy atom. The fourth-order valence-corrected chi connectivity index (χ4v) is 3.36. The second-order valence-corrected chi connectivity index (χ2v) is 9.49. The van der Waals surface area contributed by atoms with Crippen LogP contribution in [0.1, 0.15) is 50.8 Å². The van der Waals surface area contributed by atoms with Gasteiger partial charge in [0.05, 0.1) is 10.0 Å². The topological polar surface area (TPSA) is 49.4 Å². The summed E-state index contributed by atoms with van der Waals surface area (Å²) in [6, 6.07) is 12.8. The second kappa shape index (κ2) is 10.3. The smallest absolute Gasteiger partial charge is 0.242 e. The van der Waals surface area contributed by atoms with Gasteiger partial charge >= 0.3 is 0 Å². The summed E-state index contributed by atoms with van der Waals surface area (Å²) in [5, 5.41) is 3.84. The summed E-state index contributed by atoms with van der Waals surface area (Å²) in [6.07, 6.45) is 0.933. The van der Waals surface area contributed by atoms with E-state index in [0.717, 1.165) is 11.1 Å². The molecule has 0 saturated heterocycles. The highest BCUT2D eigenvalue weighted by Crippen LogP contribution is 2.24. The highest BCUT2D eigenvalue weighted by Gasteiger charge is 2.28. The molecule has 0 unspecified atom stereocenters. The molecule has 0 saturated carbocycles. The highest BCUT2D eigenvalue weighted by molar-refractivity contribution is 6.42. The van der Waals surface area contributed by atoms with Gasteiger partial charge in [0.2, 0.25) is 11.8 Å². The fraction of sp³-hybridized carbons (Fsp3) is 0.417. The Morgan fingerprint density at radius 2 is 1.60 bits per heavy atom. The Bertz CT molecular complexity index is 889. The molecular weight excluding hydrogens is 419 g/mol. The van der Waals surface area contributed by atoms with Crippen LogP contribution >= 0.6 is 23.2 Å². The van der Waals surface area contributed by atoms with Gasteiger partial charge in [-0.3, -0.25) is 9.59 Å². The average Bonchev–Trinajstić information content (AvgIpc) is 2.66. The summed E-state index contributed by atoms with van der Waals surface area (Å²) in [7, 11) is 0. The van der Waals surface area contributed by atoms with Gasteiger partial charge in [0.25, 0.3) is 0 Å². The minimum absolute atomic E-state index is 0.0850. The zero-order valence-electron chi connectivity index (χ0n) is 18.3. The number of amides is 2. The van der Waals surface area contributed by atoms with Gasteiger partial charge < -0.3 is 10.2 Å². The van der Waals surface area contributed by atoms with Crippen molar-refractivity contribution in [2.75, 3.05) is 0 Å². The third kappa shape index (κ3) is 7.33. The van der Waals surface area contributed by atoms with Crippen LogP contribution in [0.2, 0.25) is 10.0 Å². The second-order valence-electron chi connectivity index (χ2n) is 8.67. The molecule has 0 spiro atoms.